The van der Waals surface area contributed by atoms with Gasteiger partial charge in [0, 0.05) is 23.6 Å². The summed E-state index contributed by atoms with van der Waals surface area (Å²) in [6.07, 6.45) is 1.09. The molecule has 0 saturated carbocycles. The summed E-state index contributed by atoms with van der Waals surface area (Å²) in [6.45, 7) is 7.13. The first-order valence-electron chi connectivity index (χ1n) is 5.97. The third kappa shape index (κ3) is 3.84. The average Bonchev–Trinajstić information content (AvgIpc) is 2.31. The molecule has 17 heavy (non-hydrogen) atoms. The van der Waals surface area contributed by atoms with Gasteiger partial charge in [0.25, 0.3) is 5.91 Å². The Hall–Kier alpha value is -0.830. The summed E-state index contributed by atoms with van der Waals surface area (Å²) in [7, 11) is 1.86. The van der Waals surface area contributed by atoms with Crippen molar-refractivity contribution in [2.75, 3.05) is 13.6 Å². The minimum absolute atomic E-state index is 0.0889. The lowest BCUT2D eigenvalue weighted by Crippen LogP contribution is -2.30. The molecule has 0 heterocycles. The van der Waals surface area contributed by atoms with Crippen LogP contribution >= 0.6 is 15.9 Å². The Kier molecular flexibility index (Phi) is 5.19. The Morgan fingerprint density at radius 1 is 1.47 bits per heavy atom. The Balaban J connectivity index is 2.78. The van der Waals surface area contributed by atoms with Gasteiger partial charge in [-0.1, -0.05) is 42.3 Å². The van der Waals surface area contributed by atoms with E-state index in [1.54, 1.807) is 4.90 Å². The minimum atomic E-state index is 0.0889. The van der Waals surface area contributed by atoms with Crippen molar-refractivity contribution in [3.05, 3.63) is 33.8 Å². The van der Waals surface area contributed by atoms with Gasteiger partial charge >= 0.3 is 0 Å². The van der Waals surface area contributed by atoms with Gasteiger partial charge in [-0.2, -0.15) is 0 Å². The summed E-state index contributed by atoms with van der Waals surface area (Å²) in [5.41, 5.74) is 1.89. The Labute approximate surface area is 112 Å². The first-order valence-corrected chi connectivity index (χ1v) is 6.76. The fourth-order valence-electron chi connectivity index (χ4n) is 1.63. The number of benzene rings is 1. The van der Waals surface area contributed by atoms with Gasteiger partial charge in [-0.15, -0.1) is 0 Å². The molecule has 1 aromatic rings. The normalized spacial score (nSPS) is 12.3. The highest BCUT2D eigenvalue weighted by molar-refractivity contribution is 9.10. The van der Waals surface area contributed by atoms with Gasteiger partial charge in [0.1, 0.15) is 0 Å². The zero-order valence-electron chi connectivity index (χ0n) is 11.0. The number of hydrogen-bond donors (Lipinski definition) is 0. The third-order valence-corrected chi connectivity index (χ3v) is 3.90. The molecule has 3 heteroatoms. The maximum absolute atomic E-state index is 12.2. The highest BCUT2D eigenvalue weighted by Crippen LogP contribution is 2.18. The highest BCUT2D eigenvalue weighted by atomic mass is 79.9. The molecule has 0 aliphatic heterocycles. The number of amides is 1. The van der Waals surface area contributed by atoms with E-state index in [-0.39, 0.29) is 5.91 Å². The van der Waals surface area contributed by atoms with Crippen LogP contribution < -0.4 is 0 Å². The lowest BCUT2D eigenvalue weighted by Gasteiger charge is -2.21. The molecule has 0 aliphatic rings. The van der Waals surface area contributed by atoms with Gasteiger partial charge in [0.05, 0.1) is 0 Å². The van der Waals surface area contributed by atoms with Crippen molar-refractivity contribution >= 4 is 21.8 Å². The Bertz CT molecular complexity index is 403. The first-order chi connectivity index (χ1) is 7.95. The van der Waals surface area contributed by atoms with Crippen molar-refractivity contribution in [3.63, 3.8) is 0 Å². The molecule has 0 aliphatic carbocycles. The van der Waals surface area contributed by atoms with Gasteiger partial charge < -0.3 is 4.90 Å². The van der Waals surface area contributed by atoms with E-state index in [1.165, 1.54) is 0 Å². The van der Waals surface area contributed by atoms with Crippen LogP contribution in [0.5, 0.6) is 0 Å². The summed E-state index contributed by atoms with van der Waals surface area (Å²) >= 11 is 3.46. The topological polar surface area (TPSA) is 20.3 Å². The predicted molar refractivity (Wildman–Crippen MR) is 75.3 cm³/mol. The molecule has 0 bridgehead atoms. The van der Waals surface area contributed by atoms with Crippen molar-refractivity contribution in [1.82, 2.24) is 4.90 Å². The van der Waals surface area contributed by atoms with Crippen LogP contribution in [0.15, 0.2) is 22.7 Å². The van der Waals surface area contributed by atoms with Crippen LogP contribution in [0.25, 0.3) is 0 Å². The molecule has 1 atom stereocenters. The second-order valence-electron chi connectivity index (χ2n) is 4.66. The zero-order chi connectivity index (χ0) is 13.0. The minimum Gasteiger partial charge on any atom is -0.341 e. The summed E-state index contributed by atoms with van der Waals surface area (Å²) in [5, 5.41) is 0. The SMILES string of the molecule is CCC(C)CN(C)C(=O)c1ccc(C)c(Br)c1. The van der Waals surface area contributed by atoms with Gasteiger partial charge in [0.15, 0.2) is 0 Å². The van der Waals surface area contributed by atoms with E-state index in [2.05, 4.69) is 29.8 Å². The van der Waals surface area contributed by atoms with Gasteiger partial charge in [-0.25, -0.2) is 0 Å². The van der Waals surface area contributed by atoms with Crippen LogP contribution in [0.3, 0.4) is 0 Å². The number of halogens is 1. The molecule has 1 rings (SSSR count). The van der Waals surface area contributed by atoms with Gasteiger partial charge in [-0.05, 0) is 30.5 Å². The molecular formula is C14H20BrNO. The van der Waals surface area contributed by atoms with E-state index in [0.717, 1.165) is 28.6 Å². The second kappa shape index (κ2) is 6.20. The number of carbonyl (C=O) groups excluding carboxylic acids is 1. The fraction of sp³-hybridized carbons (Fsp3) is 0.500. The molecule has 2 nitrogen and oxygen atoms in total. The van der Waals surface area contributed by atoms with E-state index in [1.807, 2.05) is 32.2 Å². The number of carbonyl (C=O) groups is 1. The lowest BCUT2D eigenvalue weighted by atomic mass is 10.1. The maximum atomic E-state index is 12.2. The van der Waals surface area contributed by atoms with Crippen molar-refractivity contribution in [2.24, 2.45) is 5.92 Å². The molecule has 0 saturated heterocycles. The standard InChI is InChI=1S/C14H20BrNO/c1-5-10(2)9-16(4)14(17)12-7-6-11(3)13(15)8-12/h6-8,10H,5,9H2,1-4H3. The molecule has 1 amide bonds. The van der Waals surface area contributed by atoms with Crippen LogP contribution in [-0.2, 0) is 0 Å². The molecule has 0 fully saturated rings. The first kappa shape index (κ1) is 14.2. The molecule has 0 N–H and O–H groups in total. The van der Waals surface area contributed by atoms with E-state index < -0.39 is 0 Å². The second-order valence-corrected chi connectivity index (χ2v) is 5.52. The number of hydrogen-bond acceptors (Lipinski definition) is 1. The summed E-state index contributed by atoms with van der Waals surface area (Å²) in [4.78, 5) is 14.0. The molecule has 0 aromatic heterocycles. The van der Waals surface area contributed by atoms with Crippen LogP contribution in [-0.4, -0.2) is 24.4 Å². The zero-order valence-corrected chi connectivity index (χ0v) is 12.5. The molecule has 0 spiro atoms. The van der Waals surface area contributed by atoms with Crippen LogP contribution in [0.4, 0.5) is 0 Å². The molecular weight excluding hydrogens is 278 g/mol. The molecule has 0 radical (unpaired) electrons. The molecule has 94 valence electrons. The number of rotatable bonds is 4. The van der Waals surface area contributed by atoms with Gasteiger partial charge in [0.2, 0.25) is 0 Å². The lowest BCUT2D eigenvalue weighted by molar-refractivity contribution is 0.0775. The van der Waals surface area contributed by atoms with Crippen LogP contribution in [0, 0.1) is 12.8 Å². The molecule has 1 unspecified atom stereocenters. The van der Waals surface area contributed by atoms with Crippen LogP contribution in [0.1, 0.15) is 36.2 Å². The summed E-state index contributed by atoms with van der Waals surface area (Å²) in [6, 6.07) is 5.74. The average molecular weight is 298 g/mol. The van der Waals surface area contributed by atoms with E-state index >= 15 is 0 Å². The quantitative estimate of drug-likeness (QED) is 0.826. The largest absolute Gasteiger partial charge is 0.341 e. The van der Waals surface area contributed by atoms with E-state index in [0.29, 0.717) is 5.92 Å². The van der Waals surface area contributed by atoms with Crippen molar-refractivity contribution in [3.8, 4) is 0 Å². The monoisotopic (exact) mass is 297 g/mol. The summed E-state index contributed by atoms with van der Waals surface area (Å²) < 4.78 is 0.986. The highest BCUT2D eigenvalue weighted by Gasteiger charge is 2.14. The predicted octanol–water partition coefficient (Wildman–Crippen LogP) is 3.88. The van der Waals surface area contributed by atoms with Crippen LogP contribution in [0.2, 0.25) is 0 Å². The number of nitrogens with zero attached hydrogens (tertiary/aromatic N) is 1. The maximum Gasteiger partial charge on any atom is 0.253 e. The van der Waals surface area contributed by atoms with Crippen molar-refractivity contribution < 1.29 is 4.79 Å². The molecule has 1 aromatic carbocycles. The van der Waals surface area contributed by atoms with Gasteiger partial charge in [-0.3, -0.25) is 4.79 Å². The number of aryl methyl sites for hydroxylation is 1. The van der Waals surface area contributed by atoms with E-state index in [9.17, 15) is 4.79 Å². The smallest absolute Gasteiger partial charge is 0.253 e. The third-order valence-electron chi connectivity index (χ3n) is 3.05. The van der Waals surface area contributed by atoms with E-state index in [4.69, 9.17) is 0 Å². The van der Waals surface area contributed by atoms with Crippen molar-refractivity contribution in [2.45, 2.75) is 27.2 Å². The Morgan fingerprint density at radius 3 is 2.65 bits per heavy atom. The van der Waals surface area contributed by atoms with Crippen molar-refractivity contribution in [1.29, 1.82) is 0 Å². The summed E-state index contributed by atoms with van der Waals surface area (Å²) in [5.74, 6) is 0.629. The Morgan fingerprint density at radius 2 is 2.12 bits per heavy atom. The fourth-order valence-corrected chi connectivity index (χ4v) is 2.00.